The Labute approximate surface area is 404 Å². The third-order valence-electron chi connectivity index (χ3n) is 21.3. The van der Waals surface area contributed by atoms with Crippen molar-refractivity contribution in [3.63, 3.8) is 0 Å². The van der Waals surface area contributed by atoms with E-state index in [1.54, 1.807) is 0 Å². The molecule has 3 aromatic rings. The molecule has 68 heavy (non-hydrogen) atoms. The second kappa shape index (κ2) is 16.3. The van der Waals surface area contributed by atoms with Gasteiger partial charge in [0.1, 0.15) is 11.9 Å². The lowest BCUT2D eigenvalue weighted by Gasteiger charge is -2.74. The third-order valence-corrected chi connectivity index (χ3v) is 21.3. The summed E-state index contributed by atoms with van der Waals surface area (Å²) in [7, 11) is 0. The average molecular weight is 927 g/mol. The van der Waals surface area contributed by atoms with Crippen LogP contribution in [0.2, 0.25) is 0 Å². The molecule has 0 radical (unpaired) electrons. The molecule has 4 N–H and O–H groups in total. The average Bonchev–Trinajstić information content (AvgIpc) is 3.84. The number of allylic oxidation sites excluding steroid dienone is 1. The van der Waals surface area contributed by atoms with Gasteiger partial charge >= 0.3 is 0 Å². The first-order valence-electron chi connectivity index (χ1n) is 26.6. The van der Waals surface area contributed by atoms with Gasteiger partial charge in [-0.3, -0.25) is 9.59 Å². The van der Waals surface area contributed by atoms with Crippen molar-refractivity contribution in [3.8, 4) is 11.8 Å². The molecule has 3 aliphatic heterocycles. The number of aromatic nitrogens is 2. The van der Waals surface area contributed by atoms with Crippen LogP contribution in [0.1, 0.15) is 159 Å². The number of Topliss-reactive ketones (excluding diaryl/α,β-unsaturated/α-hetero) is 2. The largest absolute Gasteiger partial charge is 0.396 e. The number of hydrogen-bond acceptors (Lipinski definition) is 7. The fourth-order valence-electron chi connectivity index (χ4n) is 17.9. The smallest absolute Gasteiger partial charge is 0.160 e. The minimum Gasteiger partial charge on any atom is -0.396 e. The molecule has 9 heteroatoms. The van der Waals surface area contributed by atoms with E-state index < -0.39 is 50.8 Å². The van der Waals surface area contributed by atoms with Crippen LogP contribution in [0.15, 0.2) is 41.6 Å². The number of aliphatic hydroxyl groups excluding tert-OH is 3. The standard InChI is InChI=1S/C59H78N2O7/c1-34-26-36(29-38(27-34)37-17-24-67-25-18-37)30-40-42-14-11-19-59(21-23-62)32-47(65)57(7,39-12-9-10-13-39)46-15-20-55(5)52(58(46,59)8)51(66)41(33-61(42)43-16-22-60-50(40)43)49-48(45(64)31-56(49,55)6)35(2)28-44(63)53-54(3,4)68-53/h16,22,26-27,29,35,37,39,41,44,46,51-53,60,62-63,66H,9-10,12-15,17-18,20-21,23-25,28,30-33H2,1-8H3/t35-,41+,44-,46+,51-,52+,53-,55+,56+,57+,58-,59-/m1/s1. The van der Waals surface area contributed by atoms with Crippen molar-refractivity contribution in [2.75, 3.05) is 19.8 Å². The first-order chi connectivity index (χ1) is 32.3. The summed E-state index contributed by atoms with van der Waals surface area (Å²) in [6, 6.07) is 9.23. The Morgan fingerprint density at radius 2 is 1.72 bits per heavy atom. The number of aryl methyl sites for hydroxylation is 1. The highest BCUT2D eigenvalue weighted by molar-refractivity contribution is 6.01. The summed E-state index contributed by atoms with van der Waals surface area (Å²) in [6.07, 6.45) is 10.7. The maximum atomic E-state index is 15.4. The summed E-state index contributed by atoms with van der Waals surface area (Å²) in [5.74, 6) is 7.87. The molecule has 1 aromatic carbocycles. The summed E-state index contributed by atoms with van der Waals surface area (Å²) in [4.78, 5) is 34.3. The number of carbonyl (C=O) groups is 2. The molecule has 9 nitrogen and oxygen atoms in total. The van der Waals surface area contributed by atoms with Gasteiger partial charge in [0.25, 0.3) is 0 Å². The first kappa shape index (κ1) is 46.8. The summed E-state index contributed by atoms with van der Waals surface area (Å²) in [5, 5.41) is 37.0. The molecule has 11 rings (SSSR count). The number of aliphatic hydroxyl groups is 3. The number of ketones is 2. The van der Waals surface area contributed by atoms with E-state index in [0.717, 1.165) is 92.5 Å². The van der Waals surface area contributed by atoms with Crippen LogP contribution < -0.4 is 0 Å². The maximum Gasteiger partial charge on any atom is 0.160 e. The molecule has 2 saturated heterocycles. The highest BCUT2D eigenvalue weighted by atomic mass is 16.6. The molecule has 0 unspecified atom stereocenters. The van der Waals surface area contributed by atoms with E-state index in [2.05, 4.69) is 87.2 Å². The third kappa shape index (κ3) is 6.58. The zero-order valence-electron chi connectivity index (χ0n) is 42.2. The fraction of sp³-hybridized carbons (Fsp3) is 0.695. The minimum atomic E-state index is -0.894. The van der Waals surface area contributed by atoms with Gasteiger partial charge in [-0.2, -0.15) is 0 Å². The van der Waals surface area contributed by atoms with Crippen molar-refractivity contribution in [1.29, 1.82) is 0 Å². The molecule has 12 atom stereocenters. The lowest BCUT2D eigenvalue weighted by molar-refractivity contribution is -0.257. The molecule has 5 aliphatic carbocycles. The number of carbonyl (C=O) groups excluding carboxylic acids is 2. The molecular formula is C59H78N2O7. The van der Waals surface area contributed by atoms with Gasteiger partial charge in [-0.05, 0) is 141 Å². The zero-order valence-corrected chi connectivity index (χ0v) is 42.2. The summed E-state index contributed by atoms with van der Waals surface area (Å²) < 4.78 is 14.1. The van der Waals surface area contributed by atoms with Crippen LogP contribution in [0.4, 0.5) is 0 Å². The lowest BCUT2D eigenvalue weighted by Crippen LogP contribution is -2.73. The van der Waals surface area contributed by atoms with E-state index in [0.29, 0.717) is 44.6 Å². The summed E-state index contributed by atoms with van der Waals surface area (Å²) in [5.41, 5.74) is 6.49. The van der Waals surface area contributed by atoms with Crippen molar-refractivity contribution in [2.24, 2.45) is 56.7 Å². The molecule has 2 aromatic heterocycles. The Morgan fingerprint density at radius 3 is 2.43 bits per heavy atom. The molecule has 6 fully saturated rings. The SMILES string of the molecule is Cc1cc(Cc2c3n(c4cc[nH]c24)C[C@H]2C4=C([C@H](C)C[C@@H](O)[C@H]5OC5(C)C)C(=O)C[C@]4(C)[C@@]4(C)CC[C@@H]5[C@](C)([C@H]4[C@@H]2O)[C@@](CCO)(C#CC3)CC(=O)[C@@]5(C)C2CCCC2)cc(C2CCOCC2)c1. The van der Waals surface area contributed by atoms with Gasteiger partial charge < -0.3 is 34.3 Å². The maximum absolute atomic E-state index is 15.4. The van der Waals surface area contributed by atoms with Crippen LogP contribution in [0, 0.1) is 75.4 Å². The molecule has 8 aliphatic rings. The Bertz CT molecular complexity index is 2630. The summed E-state index contributed by atoms with van der Waals surface area (Å²) >= 11 is 0. The fourth-order valence-corrected chi connectivity index (χ4v) is 17.9. The second-order valence-electron chi connectivity index (χ2n) is 25.0. The summed E-state index contributed by atoms with van der Waals surface area (Å²) in [6.45, 7) is 19.6. The molecule has 0 spiro atoms. The second-order valence-corrected chi connectivity index (χ2v) is 25.0. The molecule has 0 amide bonds. The van der Waals surface area contributed by atoms with Crippen molar-refractivity contribution in [1.82, 2.24) is 9.55 Å². The monoisotopic (exact) mass is 927 g/mol. The minimum absolute atomic E-state index is 0.0481. The predicted octanol–water partition coefficient (Wildman–Crippen LogP) is 9.73. The van der Waals surface area contributed by atoms with Crippen LogP contribution >= 0.6 is 0 Å². The highest BCUT2D eigenvalue weighted by Crippen LogP contribution is 2.79. The topological polar surface area (TPSA) is 137 Å². The number of H-pyrrole nitrogens is 1. The predicted molar refractivity (Wildman–Crippen MR) is 264 cm³/mol. The van der Waals surface area contributed by atoms with Crippen molar-refractivity contribution in [2.45, 2.75) is 182 Å². The molecule has 5 heterocycles. The van der Waals surface area contributed by atoms with Crippen molar-refractivity contribution < 1.29 is 34.4 Å². The Balaban J connectivity index is 1.13. The van der Waals surface area contributed by atoms with Gasteiger partial charge in [0.15, 0.2) is 5.78 Å². The van der Waals surface area contributed by atoms with E-state index in [4.69, 9.17) is 9.47 Å². The van der Waals surface area contributed by atoms with Gasteiger partial charge in [-0.1, -0.05) is 83.1 Å². The highest BCUT2D eigenvalue weighted by Gasteiger charge is 2.77. The zero-order chi connectivity index (χ0) is 47.9. The van der Waals surface area contributed by atoms with Gasteiger partial charge in [-0.25, -0.2) is 0 Å². The van der Waals surface area contributed by atoms with Gasteiger partial charge in [-0.15, -0.1) is 0 Å². The number of aromatic amines is 1. The van der Waals surface area contributed by atoms with E-state index in [9.17, 15) is 15.3 Å². The normalized spacial score (nSPS) is 38.7. The Hall–Kier alpha value is -3.52. The van der Waals surface area contributed by atoms with Crippen LogP contribution in [0.5, 0.6) is 0 Å². The Kier molecular flexibility index (Phi) is 11.2. The van der Waals surface area contributed by atoms with Crippen LogP contribution in [-0.2, 0) is 38.4 Å². The lowest BCUT2D eigenvalue weighted by atomic mass is 9.29. The van der Waals surface area contributed by atoms with E-state index in [-0.39, 0.29) is 54.4 Å². The van der Waals surface area contributed by atoms with Crippen LogP contribution in [-0.4, -0.2) is 80.2 Å². The molecular weight excluding hydrogens is 849 g/mol. The molecule has 366 valence electrons. The van der Waals surface area contributed by atoms with Crippen LogP contribution in [0.25, 0.3) is 11.0 Å². The number of rotatable bonds is 10. The number of ether oxygens (including phenoxy) is 2. The molecule has 2 bridgehead atoms. The van der Waals surface area contributed by atoms with Gasteiger partial charge in [0, 0.05) is 91.7 Å². The van der Waals surface area contributed by atoms with Gasteiger partial charge in [0.05, 0.1) is 28.8 Å². The van der Waals surface area contributed by atoms with E-state index in [1.165, 1.54) is 22.3 Å². The number of nitrogens with zero attached hydrogens (tertiary/aromatic N) is 1. The first-order valence-corrected chi connectivity index (χ1v) is 26.6. The van der Waals surface area contributed by atoms with Crippen LogP contribution in [0.3, 0.4) is 0 Å². The Morgan fingerprint density at radius 1 is 0.985 bits per heavy atom. The van der Waals surface area contributed by atoms with Crippen molar-refractivity contribution >= 4 is 22.6 Å². The number of fused-ring (bicyclic) bond motifs is 7. The van der Waals surface area contributed by atoms with Crippen molar-refractivity contribution in [3.05, 3.63) is 69.6 Å². The van der Waals surface area contributed by atoms with Gasteiger partial charge in [0.2, 0.25) is 0 Å². The molecule has 4 saturated carbocycles. The number of hydrogen-bond donors (Lipinski definition) is 4. The van der Waals surface area contributed by atoms with E-state index >= 15 is 9.59 Å². The quantitative estimate of drug-likeness (QED) is 0.117. The number of benzene rings is 1. The number of nitrogens with one attached hydrogen (secondary N) is 1. The number of epoxide rings is 1. The van der Waals surface area contributed by atoms with E-state index in [1.807, 2.05) is 20.0 Å².